The van der Waals surface area contributed by atoms with Crippen LogP contribution in [0.5, 0.6) is 0 Å². The molecule has 0 saturated carbocycles. The number of carbonyl (C=O) groups is 1. The van der Waals surface area contributed by atoms with Gasteiger partial charge in [-0.25, -0.2) is 18.7 Å². The molecule has 0 atom stereocenters. The minimum Gasteiger partial charge on any atom is -0.324 e. The van der Waals surface area contributed by atoms with Gasteiger partial charge in [0.1, 0.15) is 23.0 Å². The summed E-state index contributed by atoms with van der Waals surface area (Å²) in [5.41, 5.74) is 1.42. The molecule has 0 radical (unpaired) electrons. The summed E-state index contributed by atoms with van der Waals surface area (Å²) in [6.07, 6.45) is 1.39. The largest absolute Gasteiger partial charge is 0.324 e. The Bertz CT molecular complexity index is 938. The first-order chi connectivity index (χ1) is 12.9. The van der Waals surface area contributed by atoms with Gasteiger partial charge in [0.2, 0.25) is 5.95 Å². The molecule has 0 saturated heterocycles. The summed E-state index contributed by atoms with van der Waals surface area (Å²) in [5.74, 6) is -1.84. The summed E-state index contributed by atoms with van der Waals surface area (Å²) in [7, 11) is 0. The van der Waals surface area contributed by atoms with Crippen molar-refractivity contribution in [2.75, 3.05) is 10.6 Å². The van der Waals surface area contributed by atoms with E-state index in [1.54, 1.807) is 0 Å². The number of benzene rings is 2. The Labute approximate surface area is 155 Å². The van der Waals surface area contributed by atoms with Gasteiger partial charge < -0.3 is 10.6 Å². The topological polar surface area (TPSA) is 66.9 Å². The van der Waals surface area contributed by atoms with E-state index in [-0.39, 0.29) is 11.6 Å². The predicted octanol–water partition coefficient (Wildman–Crippen LogP) is 4.87. The van der Waals surface area contributed by atoms with Crippen LogP contribution in [0.15, 0.2) is 54.7 Å². The van der Waals surface area contributed by atoms with Gasteiger partial charge in [-0.2, -0.15) is 0 Å². The highest BCUT2D eigenvalue weighted by Gasteiger charge is 2.15. The van der Waals surface area contributed by atoms with Gasteiger partial charge in [0.15, 0.2) is 0 Å². The number of anilines is 3. The molecule has 5 nitrogen and oxygen atoms in total. The lowest BCUT2D eigenvalue weighted by molar-refractivity contribution is 0.102. The highest BCUT2D eigenvalue weighted by molar-refractivity contribution is 6.03. The first kappa shape index (κ1) is 18.4. The second kappa shape index (κ2) is 7.90. The molecular formula is C20H18F2N4O. The van der Waals surface area contributed by atoms with Gasteiger partial charge in [0.05, 0.1) is 0 Å². The molecule has 0 fully saturated rings. The molecular weight excluding hydrogens is 350 g/mol. The molecule has 3 rings (SSSR count). The van der Waals surface area contributed by atoms with Crippen molar-refractivity contribution < 1.29 is 13.6 Å². The standard InChI is InChI=1S/C20H18F2N4O/c1-12(2)13-6-8-14(9-7-13)24-20-23-11-10-17(25-20)19(27)26-18-15(21)4-3-5-16(18)22/h3-12H,1-2H3,(H,26,27)(H,23,24,25). The molecule has 27 heavy (non-hydrogen) atoms. The van der Waals surface area contributed by atoms with E-state index in [0.717, 1.165) is 17.8 Å². The van der Waals surface area contributed by atoms with Crippen molar-refractivity contribution in [3.8, 4) is 0 Å². The van der Waals surface area contributed by atoms with Crippen LogP contribution >= 0.6 is 0 Å². The molecule has 0 aliphatic rings. The molecule has 0 aliphatic carbocycles. The smallest absolute Gasteiger partial charge is 0.274 e. The Hall–Kier alpha value is -3.35. The molecule has 1 aromatic heterocycles. The third kappa shape index (κ3) is 4.44. The number of aromatic nitrogens is 2. The lowest BCUT2D eigenvalue weighted by Crippen LogP contribution is -2.16. The van der Waals surface area contributed by atoms with E-state index in [9.17, 15) is 13.6 Å². The quantitative estimate of drug-likeness (QED) is 0.674. The van der Waals surface area contributed by atoms with E-state index in [1.165, 1.54) is 23.9 Å². The monoisotopic (exact) mass is 368 g/mol. The van der Waals surface area contributed by atoms with Crippen LogP contribution in [-0.2, 0) is 0 Å². The van der Waals surface area contributed by atoms with Crippen LogP contribution in [0.1, 0.15) is 35.8 Å². The van der Waals surface area contributed by atoms with Crippen molar-refractivity contribution in [1.29, 1.82) is 0 Å². The summed E-state index contributed by atoms with van der Waals surface area (Å²) in [5, 5.41) is 5.20. The van der Waals surface area contributed by atoms with E-state index in [1.807, 2.05) is 24.3 Å². The lowest BCUT2D eigenvalue weighted by Gasteiger charge is -2.10. The van der Waals surface area contributed by atoms with Gasteiger partial charge in [-0.05, 0) is 41.8 Å². The fraction of sp³-hybridized carbons (Fsp3) is 0.150. The second-order valence-corrected chi connectivity index (χ2v) is 6.22. The van der Waals surface area contributed by atoms with E-state index in [4.69, 9.17) is 0 Å². The van der Waals surface area contributed by atoms with Gasteiger partial charge in [0.25, 0.3) is 5.91 Å². The minimum atomic E-state index is -0.860. The Morgan fingerprint density at radius 2 is 1.67 bits per heavy atom. The van der Waals surface area contributed by atoms with E-state index in [0.29, 0.717) is 5.92 Å². The van der Waals surface area contributed by atoms with Crippen molar-refractivity contribution >= 4 is 23.2 Å². The number of para-hydroxylation sites is 1. The summed E-state index contributed by atoms with van der Waals surface area (Å²) >= 11 is 0. The van der Waals surface area contributed by atoms with Crippen molar-refractivity contribution in [2.24, 2.45) is 0 Å². The average Bonchev–Trinajstić information content (AvgIpc) is 2.65. The molecule has 0 aliphatic heterocycles. The van der Waals surface area contributed by atoms with Gasteiger partial charge in [0, 0.05) is 11.9 Å². The van der Waals surface area contributed by atoms with Crippen molar-refractivity contribution in [1.82, 2.24) is 9.97 Å². The maximum absolute atomic E-state index is 13.7. The average molecular weight is 368 g/mol. The Morgan fingerprint density at radius 1 is 1.00 bits per heavy atom. The zero-order chi connectivity index (χ0) is 19.4. The molecule has 3 aromatic rings. The summed E-state index contributed by atoms with van der Waals surface area (Å²) in [6.45, 7) is 4.21. The number of rotatable bonds is 5. The highest BCUT2D eigenvalue weighted by Crippen LogP contribution is 2.20. The van der Waals surface area contributed by atoms with Crippen LogP contribution in [0.4, 0.5) is 26.1 Å². The second-order valence-electron chi connectivity index (χ2n) is 6.22. The Kier molecular flexibility index (Phi) is 5.40. The summed E-state index contributed by atoms with van der Waals surface area (Å²) in [4.78, 5) is 20.4. The van der Waals surface area contributed by atoms with Crippen LogP contribution in [0.2, 0.25) is 0 Å². The maximum atomic E-state index is 13.7. The van der Waals surface area contributed by atoms with Crippen LogP contribution in [0.25, 0.3) is 0 Å². The van der Waals surface area contributed by atoms with Gasteiger partial charge in [-0.3, -0.25) is 4.79 Å². The normalized spacial score (nSPS) is 10.7. The van der Waals surface area contributed by atoms with Crippen LogP contribution in [-0.4, -0.2) is 15.9 Å². The van der Waals surface area contributed by atoms with Crippen LogP contribution in [0.3, 0.4) is 0 Å². The minimum absolute atomic E-state index is 0.0195. The SMILES string of the molecule is CC(C)c1ccc(Nc2nccc(C(=O)Nc3c(F)cccc3F)n2)cc1. The zero-order valence-corrected chi connectivity index (χ0v) is 14.8. The number of halogens is 2. The van der Waals surface area contributed by atoms with Gasteiger partial charge in [-0.15, -0.1) is 0 Å². The summed E-state index contributed by atoms with van der Waals surface area (Å²) < 4.78 is 27.4. The number of carbonyl (C=O) groups excluding carboxylic acids is 1. The van der Waals surface area contributed by atoms with E-state index < -0.39 is 23.2 Å². The first-order valence-electron chi connectivity index (χ1n) is 8.39. The molecule has 2 aromatic carbocycles. The number of nitrogens with one attached hydrogen (secondary N) is 2. The third-order valence-corrected chi connectivity index (χ3v) is 3.92. The fourth-order valence-corrected chi connectivity index (χ4v) is 2.42. The first-order valence-corrected chi connectivity index (χ1v) is 8.39. The van der Waals surface area contributed by atoms with Crippen LogP contribution in [0, 0.1) is 11.6 Å². The number of hydrogen-bond donors (Lipinski definition) is 2. The number of nitrogens with zero attached hydrogens (tertiary/aromatic N) is 2. The Morgan fingerprint density at radius 3 is 2.30 bits per heavy atom. The zero-order valence-electron chi connectivity index (χ0n) is 14.8. The number of hydrogen-bond acceptors (Lipinski definition) is 4. The molecule has 0 bridgehead atoms. The van der Waals surface area contributed by atoms with Crippen molar-refractivity contribution in [3.63, 3.8) is 0 Å². The van der Waals surface area contributed by atoms with Gasteiger partial charge >= 0.3 is 0 Å². The Balaban J connectivity index is 1.76. The molecule has 1 heterocycles. The third-order valence-electron chi connectivity index (χ3n) is 3.92. The molecule has 7 heteroatoms. The maximum Gasteiger partial charge on any atom is 0.274 e. The van der Waals surface area contributed by atoms with E-state index in [2.05, 4.69) is 34.4 Å². The summed E-state index contributed by atoms with van der Waals surface area (Å²) in [6, 6.07) is 12.5. The van der Waals surface area contributed by atoms with Crippen LogP contribution < -0.4 is 10.6 Å². The molecule has 1 amide bonds. The molecule has 2 N–H and O–H groups in total. The molecule has 138 valence electrons. The van der Waals surface area contributed by atoms with Crippen molar-refractivity contribution in [3.05, 3.63) is 77.6 Å². The molecule has 0 unspecified atom stereocenters. The fourth-order valence-electron chi connectivity index (χ4n) is 2.42. The van der Waals surface area contributed by atoms with E-state index >= 15 is 0 Å². The predicted molar refractivity (Wildman–Crippen MR) is 100 cm³/mol. The van der Waals surface area contributed by atoms with Crippen molar-refractivity contribution in [2.45, 2.75) is 19.8 Å². The highest BCUT2D eigenvalue weighted by atomic mass is 19.1. The van der Waals surface area contributed by atoms with Gasteiger partial charge in [-0.1, -0.05) is 32.0 Å². The molecule has 0 spiro atoms. The number of amides is 1. The lowest BCUT2D eigenvalue weighted by atomic mass is 10.0.